The summed E-state index contributed by atoms with van der Waals surface area (Å²) in [6, 6.07) is 8.97. The highest BCUT2D eigenvalue weighted by Crippen LogP contribution is 2.29. The molecule has 1 N–H and O–H groups in total. The zero-order valence-electron chi connectivity index (χ0n) is 16.9. The monoisotopic (exact) mass is 425 g/mol. The standard InChI is InChI=1S/C22H23N3O4S/c1-28-18-4-3-14(9-19(18)29-2)10-21(27)25-7-5-15(12-25)22-23-17(11-20(26)24-22)16-6-8-30-13-16/h3-4,6,8-9,11,13,15H,5,7,10,12H2,1-2H3,(H,23,24,26)/t15-/m1/s1. The fourth-order valence-electron chi connectivity index (χ4n) is 3.71. The lowest BCUT2D eigenvalue weighted by atomic mass is 10.1. The van der Waals surface area contributed by atoms with E-state index < -0.39 is 0 Å². The largest absolute Gasteiger partial charge is 0.493 e. The molecule has 2 aromatic heterocycles. The number of aromatic nitrogens is 2. The lowest BCUT2D eigenvalue weighted by Gasteiger charge is -2.17. The Balaban J connectivity index is 1.46. The molecule has 1 amide bonds. The zero-order chi connectivity index (χ0) is 21.1. The summed E-state index contributed by atoms with van der Waals surface area (Å²) in [5.41, 5.74) is 2.31. The van der Waals surface area contributed by atoms with Gasteiger partial charge in [0.25, 0.3) is 5.56 Å². The van der Waals surface area contributed by atoms with Gasteiger partial charge in [0.2, 0.25) is 5.91 Å². The van der Waals surface area contributed by atoms with E-state index in [-0.39, 0.29) is 23.8 Å². The van der Waals surface area contributed by atoms with Crippen LogP contribution in [-0.4, -0.2) is 48.1 Å². The molecule has 0 bridgehead atoms. The van der Waals surface area contributed by atoms with Gasteiger partial charge in [-0.05, 0) is 35.6 Å². The number of benzene rings is 1. The van der Waals surface area contributed by atoms with Crippen LogP contribution in [0.15, 0.2) is 45.9 Å². The van der Waals surface area contributed by atoms with Crippen LogP contribution in [0.5, 0.6) is 11.5 Å². The van der Waals surface area contributed by atoms with E-state index >= 15 is 0 Å². The van der Waals surface area contributed by atoms with E-state index in [0.29, 0.717) is 36.1 Å². The summed E-state index contributed by atoms with van der Waals surface area (Å²) in [6.45, 7) is 1.19. The Labute approximate surface area is 178 Å². The minimum atomic E-state index is -0.170. The number of thiophene rings is 1. The minimum absolute atomic E-state index is 0.0191. The summed E-state index contributed by atoms with van der Waals surface area (Å²) < 4.78 is 10.6. The Morgan fingerprint density at radius 2 is 2.07 bits per heavy atom. The van der Waals surface area contributed by atoms with Crippen LogP contribution in [0.3, 0.4) is 0 Å². The quantitative estimate of drug-likeness (QED) is 0.656. The van der Waals surface area contributed by atoms with Gasteiger partial charge in [0.05, 0.1) is 26.3 Å². The minimum Gasteiger partial charge on any atom is -0.493 e. The number of aromatic amines is 1. The number of carbonyl (C=O) groups excluding carboxylic acids is 1. The molecule has 1 aliphatic rings. The van der Waals surface area contributed by atoms with Gasteiger partial charge in [-0.25, -0.2) is 4.98 Å². The SMILES string of the molecule is COc1ccc(CC(=O)N2CC[C@@H](c3nc(-c4ccsc4)cc(=O)[nH]3)C2)cc1OC. The van der Waals surface area contributed by atoms with Gasteiger partial charge in [0, 0.05) is 36.0 Å². The molecule has 4 rings (SSSR count). The van der Waals surface area contributed by atoms with Gasteiger partial charge in [-0.15, -0.1) is 0 Å². The summed E-state index contributed by atoms with van der Waals surface area (Å²) in [7, 11) is 3.16. The topological polar surface area (TPSA) is 84.5 Å². The molecule has 1 saturated heterocycles. The summed E-state index contributed by atoms with van der Waals surface area (Å²) in [5, 5.41) is 3.93. The van der Waals surface area contributed by atoms with Crippen molar-refractivity contribution in [2.45, 2.75) is 18.8 Å². The number of nitrogens with one attached hydrogen (secondary N) is 1. The number of hydrogen-bond acceptors (Lipinski definition) is 6. The third-order valence-corrected chi connectivity index (χ3v) is 5.99. The maximum Gasteiger partial charge on any atom is 0.251 e. The van der Waals surface area contributed by atoms with Crippen LogP contribution in [0, 0.1) is 0 Å². The first kappa shape index (κ1) is 20.2. The Hall–Kier alpha value is -3.13. The number of likely N-dealkylation sites (tertiary alicyclic amines) is 1. The van der Waals surface area contributed by atoms with Crippen LogP contribution >= 0.6 is 11.3 Å². The number of ether oxygens (including phenoxy) is 2. The van der Waals surface area contributed by atoms with Gasteiger partial charge in [-0.2, -0.15) is 11.3 Å². The predicted molar refractivity (Wildman–Crippen MR) is 115 cm³/mol. The average molecular weight is 426 g/mol. The molecule has 0 saturated carbocycles. The summed E-state index contributed by atoms with van der Waals surface area (Å²) in [4.78, 5) is 34.3. The fraction of sp³-hybridized carbons (Fsp3) is 0.318. The molecule has 3 aromatic rings. The Kier molecular flexibility index (Phi) is 5.85. The van der Waals surface area contributed by atoms with Crippen LogP contribution in [0.1, 0.15) is 23.7 Å². The molecule has 1 fully saturated rings. The number of amides is 1. The fourth-order valence-corrected chi connectivity index (χ4v) is 4.36. The van der Waals surface area contributed by atoms with E-state index in [1.807, 2.05) is 33.9 Å². The highest BCUT2D eigenvalue weighted by atomic mass is 32.1. The van der Waals surface area contributed by atoms with Crippen molar-refractivity contribution in [3.8, 4) is 22.8 Å². The average Bonchev–Trinajstić information content (AvgIpc) is 3.45. The molecule has 156 valence electrons. The number of H-pyrrole nitrogens is 1. The molecule has 8 heteroatoms. The summed E-state index contributed by atoms with van der Waals surface area (Å²) in [5.74, 6) is 1.95. The molecule has 7 nitrogen and oxygen atoms in total. The molecule has 0 spiro atoms. The van der Waals surface area contributed by atoms with Gasteiger partial charge in [0.15, 0.2) is 11.5 Å². The van der Waals surface area contributed by atoms with Gasteiger partial charge in [0.1, 0.15) is 5.82 Å². The summed E-state index contributed by atoms with van der Waals surface area (Å²) in [6.07, 6.45) is 1.06. The lowest BCUT2D eigenvalue weighted by molar-refractivity contribution is -0.129. The van der Waals surface area contributed by atoms with Crippen molar-refractivity contribution < 1.29 is 14.3 Å². The predicted octanol–water partition coefficient (Wildman–Crippen LogP) is 3.07. The van der Waals surface area contributed by atoms with E-state index in [1.54, 1.807) is 31.6 Å². The van der Waals surface area contributed by atoms with Crippen molar-refractivity contribution in [2.75, 3.05) is 27.3 Å². The molecule has 0 unspecified atom stereocenters. The molecular formula is C22H23N3O4S. The maximum absolute atomic E-state index is 12.8. The first-order valence-electron chi connectivity index (χ1n) is 9.70. The molecular weight excluding hydrogens is 402 g/mol. The lowest BCUT2D eigenvalue weighted by Crippen LogP contribution is -2.30. The van der Waals surface area contributed by atoms with Crippen LogP contribution in [0.25, 0.3) is 11.3 Å². The van der Waals surface area contributed by atoms with Crippen molar-refractivity contribution in [1.82, 2.24) is 14.9 Å². The second kappa shape index (κ2) is 8.71. The molecule has 0 radical (unpaired) electrons. The van der Waals surface area contributed by atoms with Gasteiger partial charge in [-0.1, -0.05) is 6.07 Å². The number of hydrogen-bond donors (Lipinski definition) is 1. The van der Waals surface area contributed by atoms with Gasteiger partial charge in [-0.3, -0.25) is 9.59 Å². The third kappa shape index (κ3) is 4.23. The number of rotatable bonds is 6. The number of nitrogens with zero attached hydrogens (tertiary/aromatic N) is 2. The highest BCUT2D eigenvalue weighted by molar-refractivity contribution is 7.08. The van der Waals surface area contributed by atoms with E-state index in [2.05, 4.69) is 9.97 Å². The number of carbonyl (C=O) groups is 1. The molecule has 1 aliphatic heterocycles. The van der Waals surface area contributed by atoms with Crippen molar-refractivity contribution in [3.05, 3.63) is 62.8 Å². The van der Waals surface area contributed by atoms with Crippen molar-refractivity contribution >= 4 is 17.2 Å². The van der Waals surface area contributed by atoms with Crippen molar-refractivity contribution in [1.29, 1.82) is 0 Å². The first-order valence-corrected chi connectivity index (χ1v) is 10.6. The number of methoxy groups -OCH3 is 2. The van der Waals surface area contributed by atoms with Crippen LogP contribution in [0.2, 0.25) is 0 Å². The second-order valence-corrected chi connectivity index (χ2v) is 8.00. The van der Waals surface area contributed by atoms with E-state index in [9.17, 15) is 9.59 Å². The third-order valence-electron chi connectivity index (χ3n) is 5.31. The van der Waals surface area contributed by atoms with Crippen LogP contribution in [0.4, 0.5) is 0 Å². The molecule has 0 aliphatic carbocycles. The zero-order valence-corrected chi connectivity index (χ0v) is 17.7. The molecule has 1 atom stereocenters. The smallest absolute Gasteiger partial charge is 0.251 e. The van der Waals surface area contributed by atoms with E-state index in [0.717, 1.165) is 17.5 Å². The Morgan fingerprint density at radius 3 is 2.80 bits per heavy atom. The van der Waals surface area contributed by atoms with Crippen molar-refractivity contribution in [3.63, 3.8) is 0 Å². The molecule has 3 heterocycles. The van der Waals surface area contributed by atoms with Gasteiger partial charge < -0.3 is 19.4 Å². The van der Waals surface area contributed by atoms with Crippen molar-refractivity contribution in [2.24, 2.45) is 0 Å². The van der Waals surface area contributed by atoms with Crippen LogP contribution in [-0.2, 0) is 11.2 Å². The molecule has 1 aromatic carbocycles. The highest BCUT2D eigenvalue weighted by Gasteiger charge is 2.29. The maximum atomic E-state index is 12.8. The Bertz CT molecular complexity index is 1090. The summed E-state index contributed by atoms with van der Waals surface area (Å²) >= 11 is 1.57. The van der Waals surface area contributed by atoms with Gasteiger partial charge >= 0.3 is 0 Å². The Morgan fingerprint density at radius 1 is 1.23 bits per heavy atom. The van der Waals surface area contributed by atoms with E-state index in [1.165, 1.54) is 6.07 Å². The van der Waals surface area contributed by atoms with Crippen LogP contribution < -0.4 is 15.0 Å². The first-order chi connectivity index (χ1) is 14.6. The second-order valence-electron chi connectivity index (χ2n) is 7.22. The normalized spacial score (nSPS) is 15.9. The van der Waals surface area contributed by atoms with E-state index in [4.69, 9.17) is 9.47 Å². The molecule has 30 heavy (non-hydrogen) atoms.